The fourth-order valence-electron chi connectivity index (χ4n) is 2.41. The minimum absolute atomic E-state index is 0.0527. The first kappa shape index (κ1) is 19.4. The van der Waals surface area contributed by atoms with E-state index < -0.39 is 0 Å². The number of amides is 1. The summed E-state index contributed by atoms with van der Waals surface area (Å²) in [5, 5.41) is 15.2. The summed E-state index contributed by atoms with van der Waals surface area (Å²) in [6.07, 6.45) is 0.986. The number of rotatable bonds is 7. The minimum Gasteiger partial charge on any atom is -0.330 e. The molecule has 27 heavy (non-hydrogen) atoms. The molecule has 0 saturated carbocycles. The van der Waals surface area contributed by atoms with Crippen LogP contribution in [0.1, 0.15) is 23.6 Å². The summed E-state index contributed by atoms with van der Waals surface area (Å²) in [5.74, 6) is 0.247. The van der Waals surface area contributed by atoms with Gasteiger partial charge < -0.3 is 10.6 Å². The van der Waals surface area contributed by atoms with Crippen molar-refractivity contribution in [3.05, 3.63) is 59.2 Å². The standard InChI is InChI=1S/C20H22N4OS2/c1-4-15-6-9-16(10-7-15)21-18(25)12-26-20-24-23-19(27-20)22-17-8-5-13(2)14(3)11-17/h5-11H,4,12H2,1-3H3,(H,21,25)(H,22,23). The molecule has 7 heteroatoms. The summed E-state index contributed by atoms with van der Waals surface area (Å²) < 4.78 is 0.762. The van der Waals surface area contributed by atoms with E-state index in [1.165, 1.54) is 39.8 Å². The van der Waals surface area contributed by atoms with Crippen LogP contribution in [0.2, 0.25) is 0 Å². The second kappa shape index (κ2) is 9.01. The van der Waals surface area contributed by atoms with Gasteiger partial charge in [-0.15, -0.1) is 10.2 Å². The average molecular weight is 399 g/mol. The van der Waals surface area contributed by atoms with Gasteiger partial charge in [0.05, 0.1) is 5.75 Å². The van der Waals surface area contributed by atoms with Gasteiger partial charge in [-0.1, -0.05) is 48.2 Å². The van der Waals surface area contributed by atoms with Crippen LogP contribution in [0.15, 0.2) is 46.8 Å². The molecule has 0 spiro atoms. The molecule has 0 radical (unpaired) electrons. The van der Waals surface area contributed by atoms with E-state index in [1.54, 1.807) is 0 Å². The maximum Gasteiger partial charge on any atom is 0.234 e. The van der Waals surface area contributed by atoms with Crippen molar-refractivity contribution in [3.8, 4) is 0 Å². The Balaban J connectivity index is 1.51. The van der Waals surface area contributed by atoms with Crippen molar-refractivity contribution in [1.82, 2.24) is 10.2 Å². The molecule has 0 aliphatic carbocycles. The van der Waals surface area contributed by atoms with Crippen molar-refractivity contribution >= 4 is 45.5 Å². The summed E-state index contributed by atoms with van der Waals surface area (Å²) in [6.45, 7) is 6.27. The smallest absolute Gasteiger partial charge is 0.234 e. The number of nitrogens with one attached hydrogen (secondary N) is 2. The quantitative estimate of drug-likeness (QED) is 0.536. The Kier molecular flexibility index (Phi) is 6.47. The normalized spacial score (nSPS) is 10.6. The SMILES string of the molecule is CCc1ccc(NC(=O)CSc2nnc(Nc3ccc(C)c(C)c3)s2)cc1. The van der Waals surface area contributed by atoms with Gasteiger partial charge in [0.2, 0.25) is 11.0 Å². The summed E-state index contributed by atoms with van der Waals surface area (Å²) in [7, 11) is 0. The Morgan fingerprint density at radius 2 is 1.78 bits per heavy atom. The summed E-state index contributed by atoms with van der Waals surface area (Å²) >= 11 is 2.83. The molecule has 1 amide bonds. The number of anilines is 3. The third-order valence-electron chi connectivity index (χ3n) is 4.14. The molecule has 0 saturated heterocycles. The van der Waals surface area contributed by atoms with E-state index >= 15 is 0 Å². The Hall–Kier alpha value is -2.38. The van der Waals surface area contributed by atoms with Crippen molar-refractivity contribution in [2.45, 2.75) is 31.5 Å². The van der Waals surface area contributed by atoms with Crippen LogP contribution in [-0.4, -0.2) is 21.9 Å². The average Bonchev–Trinajstić information content (AvgIpc) is 3.11. The lowest BCUT2D eigenvalue weighted by molar-refractivity contribution is -0.113. The Labute approximate surface area is 167 Å². The van der Waals surface area contributed by atoms with Crippen LogP contribution in [0.25, 0.3) is 0 Å². The lowest BCUT2D eigenvalue weighted by atomic mass is 10.1. The van der Waals surface area contributed by atoms with Crippen LogP contribution in [0, 0.1) is 13.8 Å². The van der Waals surface area contributed by atoms with Crippen molar-refractivity contribution in [1.29, 1.82) is 0 Å². The highest BCUT2D eigenvalue weighted by molar-refractivity contribution is 8.01. The van der Waals surface area contributed by atoms with Crippen molar-refractivity contribution in [2.24, 2.45) is 0 Å². The van der Waals surface area contributed by atoms with E-state index in [1.807, 2.05) is 30.3 Å². The molecule has 1 aromatic heterocycles. The van der Waals surface area contributed by atoms with Crippen molar-refractivity contribution in [2.75, 3.05) is 16.4 Å². The van der Waals surface area contributed by atoms with E-state index in [2.05, 4.69) is 53.7 Å². The van der Waals surface area contributed by atoms with Crippen molar-refractivity contribution in [3.63, 3.8) is 0 Å². The van der Waals surface area contributed by atoms with Crippen LogP contribution in [-0.2, 0) is 11.2 Å². The monoisotopic (exact) mass is 398 g/mol. The number of carbonyl (C=O) groups is 1. The fourth-order valence-corrected chi connectivity index (χ4v) is 3.98. The van der Waals surface area contributed by atoms with Crippen LogP contribution >= 0.6 is 23.1 Å². The van der Waals surface area contributed by atoms with Gasteiger partial charge in [-0.2, -0.15) is 0 Å². The number of benzene rings is 2. The Bertz CT molecular complexity index is 922. The molecule has 3 rings (SSSR count). The zero-order valence-electron chi connectivity index (χ0n) is 15.6. The maximum atomic E-state index is 12.1. The van der Waals surface area contributed by atoms with Gasteiger partial charge in [0, 0.05) is 11.4 Å². The van der Waals surface area contributed by atoms with Gasteiger partial charge in [0.25, 0.3) is 0 Å². The lowest BCUT2D eigenvalue weighted by Gasteiger charge is -2.05. The Morgan fingerprint density at radius 1 is 1.04 bits per heavy atom. The molecule has 0 atom stereocenters. The first-order valence-electron chi connectivity index (χ1n) is 8.73. The number of hydrogen-bond donors (Lipinski definition) is 2. The molecular weight excluding hydrogens is 376 g/mol. The topological polar surface area (TPSA) is 66.9 Å². The molecule has 3 aromatic rings. The minimum atomic E-state index is -0.0527. The molecule has 0 aliphatic rings. The van der Waals surface area contributed by atoms with Gasteiger partial charge in [0.15, 0.2) is 4.34 Å². The largest absolute Gasteiger partial charge is 0.330 e. The zero-order valence-corrected chi connectivity index (χ0v) is 17.2. The first-order valence-corrected chi connectivity index (χ1v) is 10.5. The number of hydrogen-bond acceptors (Lipinski definition) is 6. The third-order valence-corrected chi connectivity index (χ3v) is 6.11. The predicted octanol–water partition coefficient (Wildman–Crippen LogP) is 5.19. The van der Waals surface area contributed by atoms with Crippen LogP contribution in [0.4, 0.5) is 16.5 Å². The Morgan fingerprint density at radius 3 is 2.48 bits per heavy atom. The van der Waals surface area contributed by atoms with Crippen LogP contribution in [0.3, 0.4) is 0 Å². The van der Waals surface area contributed by atoms with E-state index in [9.17, 15) is 4.79 Å². The predicted molar refractivity (Wildman–Crippen MR) is 114 cm³/mol. The molecule has 0 unspecified atom stereocenters. The van der Waals surface area contributed by atoms with E-state index in [0.29, 0.717) is 5.75 Å². The van der Waals surface area contributed by atoms with Gasteiger partial charge in [0.1, 0.15) is 0 Å². The fraction of sp³-hybridized carbons (Fsp3) is 0.250. The molecule has 0 aliphatic heterocycles. The number of aryl methyl sites for hydroxylation is 3. The maximum absolute atomic E-state index is 12.1. The van der Waals surface area contributed by atoms with E-state index in [4.69, 9.17) is 0 Å². The number of aromatic nitrogens is 2. The highest BCUT2D eigenvalue weighted by atomic mass is 32.2. The molecule has 140 valence electrons. The molecular formula is C20H22N4OS2. The summed E-state index contributed by atoms with van der Waals surface area (Å²) in [5.41, 5.74) is 5.53. The van der Waals surface area contributed by atoms with Gasteiger partial charge >= 0.3 is 0 Å². The second-order valence-electron chi connectivity index (χ2n) is 6.18. The van der Waals surface area contributed by atoms with E-state index in [0.717, 1.165) is 27.3 Å². The van der Waals surface area contributed by atoms with Gasteiger partial charge in [-0.25, -0.2) is 0 Å². The third kappa shape index (κ3) is 5.55. The van der Waals surface area contributed by atoms with Gasteiger partial charge in [-0.3, -0.25) is 4.79 Å². The van der Waals surface area contributed by atoms with E-state index in [-0.39, 0.29) is 5.91 Å². The highest BCUT2D eigenvalue weighted by Crippen LogP contribution is 2.28. The van der Waals surface area contributed by atoms with Crippen molar-refractivity contribution < 1.29 is 4.79 Å². The highest BCUT2D eigenvalue weighted by Gasteiger charge is 2.09. The second-order valence-corrected chi connectivity index (χ2v) is 8.38. The first-order chi connectivity index (χ1) is 13.0. The number of nitrogens with zero attached hydrogens (tertiary/aromatic N) is 2. The lowest BCUT2D eigenvalue weighted by Crippen LogP contribution is -2.13. The summed E-state index contributed by atoms with van der Waals surface area (Å²) in [6, 6.07) is 14.1. The molecule has 0 bridgehead atoms. The molecule has 1 heterocycles. The van der Waals surface area contributed by atoms with Crippen LogP contribution < -0.4 is 10.6 Å². The molecule has 2 N–H and O–H groups in total. The van der Waals surface area contributed by atoms with Crippen LogP contribution in [0.5, 0.6) is 0 Å². The molecule has 5 nitrogen and oxygen atoms in total. The molecule has 2 aromatic carbocycles. The summed E-state index contributed by atoms with van der Waals surface area (Å²) in [4.78, 5) is 12.1. The number of thioether (sulfide) groups is 1. The van der Waals surface area contributed by atoms with Gasteiger partial charge in [-0.05, 0) is 61.2 Å². The number of carbonyl (C=O) groups excluding carboxylic acids is 1. The molecule has 0 fully saturated rings. The zero-order chi connectivity index (χ0) is 19.2.